The number of carbonyl (C=O) groups excluding carboxylic acids is 1. The molecule has 0 spiro atoms. The van der Waals surface area contributed by atoms with Gasteiger partial charge in [0.15, 0.2) is 0 Å². The second-order valence-corrected chi connectivity index (χ2v) is 5.23. The van der Waals surface area contributed by atoms with Gasteiger partial charge in [0.2, 0.25) is 0 Å². The normalized spacial score (nSPS) is 14.1. The fourth-order valence-electron chi connectivity index (χ4n) is 2.18. The van der Waals surface area contributed by atoms with Gasteiger partial charge in [0, 0.05) is 19.6 Å². The highest BCUT2D eigenvalue weighted by molar-refractivity contribution is 5.82. The van der Waals surface area contributed by atoms with Crippen molar-refractivity contribution in [2.24, 2.45) is 5.92 Å². The van der Waals surface area contributed by atoms with E-state index in [9.17, 15) is 4.79 Å². The highest BCUT2D eigenvalue weighted by atomic mass is 16.5. The third kappa shape index (κ3) is 4.05. The van der Waals surface area contributed by atoms with E-state index in [1.54, 1.807) is 7.05 Å². The van der Waals surface area contributed by atoms with E-state index in [-0.39, 0.29) is 5.97 Å². The van der Waals surface area contributed by atoms with Crippen LogP contribution in [0.1, 0.15) is 25.8 Å². The number of hydrogen-bond acceptors (Lipinski definition) is 4. The van der Waals surface area contributed by atoms with Crippen molar-refractivity contribution < 1.29 is 14.3 Å². The fourth-order valence-corrected chi connectivity index (χ4v) is 2.18. The molecule has 1 atom stereocenters. The van der Waals surface area contributed by atoms with Gasteiger partial charge in [-0.05, 0) is 18.5 Å². The molecule has 0 aromatic heterocycles. The van der Waals surface area contributed by atoms with E-state index in [2.05, 4.69) is 19.2 Å². The van der Waals surface area contributed by atoms with Gasteiger partial charge in [-0.2, -0.15) is 0 Å². The summed E-state index contributed by atoms with van der Waals surface area (Å²) < 4.78 is 10.6. The average molecular weight is 279 g/mol. The minimum Gasteiger partial charge on any atom is -0.467 e. The Morgan fingerprint density at radius 1 is 1.30 bits per heavy atom. The number of hydrogen-bond donors (Lipinski definition) is 1. The molecule has 0 saturated carbocycles. The predicted molar refractivity (Wildman–Crippen MR) is 79.5 cm³/mol. The molecule has 0 aliphatic carbocycles. The molecule has 112 valence electrons. The first kappa shape index (κ1) is 16.7. The molecule has 0 fully saturated rings. The Morgan fingerprint density at radius 2 is 1.95 bits per heavy atom. The van der Waals surface area contributed by atoms with Crippen LogP contribution in [0.2, 0.25) is 0 Å². The van der Waals surface area contributed by atoms with Crippen LogP contribution in [-0.2, 0) is 19.8 Å². The maximum absolute atomic E-state index is 12.3. The first-order valence-corrected chi connectivity index (χ1v) is 6.97. The Bertz CT molecular complexity index is 405. The van der Waals surface area contributed by atoms with Crippen molar-refractivity contribution in [1.29, 1.82) is 0 Å². The number of benzene rings is 1. The van der Waals surface area contributed by atoms with Crippen molar-refractivity contribution in [3.05, 3.63) is 35.9 Å². The van der Waals surface area contributed by atoms with E-state index in [4.69, 9.17) is 9.47 Å². The Kier molecular flexibility index (Phi) is 6.68. The highest BCUT2D eigenvalue weighted by Gasteiger charge is 2.39. The van der Waals surface area contributed by atoms with Gasteiger partial charge in [-0.25, -0.2) is 4.79 Å². The Hall–Kier alpha value is -1.39. The molecule has 1 unspecified atom stereocenters. The topological polar surface area (TPSA) is 47.6 Å². The lowest BCUT2D eigenvalue weighted by molar-refractivity contribution is -0.150. The standard InChI is InChI=1S/C16H25NO3/c1-13(2)12-20-11-10-16(17-3,15(18)19-4)14-8-6-5-7-9-14/h5-9,13,17H,10-12H2,1-4H3. The second-order valence-electron chi connectivity index (χ2n) is 5.23. The lowest BCUT2D eigenvalue weighted by Gasteiger charge is -2.31. The van der Waals surface area contributed by atoms with Gasteiger partial charge < -0.3 is 14.8 Å². The van der Waals surface area contributed by atoms with Crippen molar-refractivity contribution in [3.63, 3.8) is 0 Å². The van der Waals surface area contributed by atoms with E-state index < -0.39 is 5.54 Å². The molecule has 1 rings (SSSR count). The number of rotatable bonds is 8. The molecule has 0 aliphatic heterocycles. The van der Waals surface area contributed by atoms with Crippen molar-refractivity contribution in [1.82, 2.24) is 5.32 Å². The number of nitrogens with one attached hydrogen (secondary N) is 1. The van der Waals surface area contributed by atoms with Gasteiger partial charge in [-0.3, -0.25) is 0 Å². The molecule has 0 aliphatic rings. The molecular formula is C16H25NO3. The molecule has 4 heteroatoms. The van der Waals surface area contributed by atoms with Crippen molar-refractivity contribution in [2.75, 3.05) is 27.4 Å². The molecule has 4 nitrogen and oxygen atoms in total. The van der Waals surface area contributed by atoms with Gasteiger partial charge in [0.25, 0.3) is 0 Å². The SMILES string of the molecule is CNC(CCOCC(C)C)(C(=O)OC)c1ccccc1. The molecule has 0 heterocycles. The van der Waals surface area contributed by atoms with Gasteiger partial charge in [-0.1, -0.05) is 44.2 Å². The summed E-state index contributed by atoms with van der Waals surface area (Å²) in [5.74, 6) is 0.188. The van der Waals surface area contributed by atoms with Crippen LogP contribution in [0.3, 0.4) is 0 Å². The summed E-state index contributed by atoms with van der Waals surface area (Å²) in [7, 11) is 3.18. The predicted octanol–water partition coefficient (Wildman–Crippen LogP) is 2.34. The van der Waals surface area contributed by atoms with Crippen LogP contribution in [-0.4, -0.2) is 33.3 Å². The van der Waals surface area contributed by atoms with Crippen LogP contribution in [0.4, 0.5) is 0 Å². The zero-order chi connectivity index (χ0) is 15.0. The molecule has 20 heavy (non-hydrogen) atoms. The maximum Gasteiger partial charge on any atom is 0.330 e. The minimum atomic E-state index is -0.854. The summed E-state index contributed by atoms with van der Waals surface area (Å²) in [6.45, 7) is 5.39. The summed E-state index contributed by atoms with van der Waals surface area (Å²) in [6.07, 6.45) is 0.535. The minimum absolute atomic E-state index is 0.292. The third-order valence-electron chi connectivity index (χ3n) is 3.30. The first-order valence-electron chi connectivity index (χ1n) is 6.97. The highest BCUT2D eigenvalue weighted by Crippen LogP contribution is 2.26. The first-order chi connectivity index (χ1) is 9.56. The van der Waals surface area contributed by atoms with Crippen LogP contribution in [0.25, 0.3) is 0 Å². The van der Waals surface area contributed by atoms with Crippen molar-refractivity contribution in [2.45, 2.75) is 25.8 Å². The van der Waals surface area contributed by atoms with E-state index in [1.165, 1.54) is 7.11 Å². The summed E-state index contributed by atoms with van der Waals surface area (Å²) in [6, 6.07) is 9.61. The zero-order valence-corrected chi connectivity index (χ0v) is 12.8. The lowest BCUT2D eigenvalue weighted by Crippen LogP contribution is -2.49. The quantitative estimate of drug-likeness (QED) is 0.586. The number of esters is 1. The molecule has 1 aromatic rings. The molecule has 0 saturated heterocycles. The smallest absolute Gasteiger partial charge is 0.330 e. The van der Waals surface area contributed by atoms with Crippen LogP contribution in [0.15, 0.2) is 30.3 Å². The number of likely N-dealkylation sites (N-methyl/N-ethyl adjacent to an activating group) is 1. The summed E-state index contributed by atoms with van der Waals surface area (Å²) in [5.41, 5.74) is 0.0370. The second kappa shape index (κ2) is 8.02. The van der Waals surface area contributed by atoms with Crippen LogP contribution in [0, 0.1) is 5.92 Å². The lowest BCUT2D eigenvalue weighted by atomic mass is 9.87. The van der Waals surface area contributed by atoms with E-state index >= 15 is 0 Å². The molecule has 1 aromatic carbocycles. The monoisotopic (exact) mass is 279 g/mol. The summed E-state index contributed by atoms with van der Waals surface area (Å²) in [5, 5.41) is 3.12. The van der Waals surface area contributed by atoms with Crippen LogP contribution in [0.5, 0.6) is 0 Å². The molecule has 0 radical (unpaired) electrons. The Labute approximate surface area is 121 Å². The van der Waals surface area contributed by atoms with Crippen molar-refractivity contribution >= 4 is 5.97 Å². The summed E-state index contributed by atoms with van der Waals surface area (Å²) >= 11 is 0. The average Bonchev–Trinajstić information content (AvgIpc) is 2.48. The van der Waals surface area contributed by atoms with Gasteiger partial charge in [0.1, 0.15) is 5.54 Å². The van der Waals surface area contributed by atoms with E-state index in [0.29, 0.717) is 25.6 Å². The maximum atomic E-state index is 12.3. The van der Waals surface area contributed by atoms with Crippen LogP contribution < -0.4 is 5.32 Å². The molecule has 0 bridgehead atoms. The Morgan fingerprint density at radius 3 is 2.45 bits per heavy atom. The number of carbonyl (C=O) groups is 1. The Balaban J connectivity index is 2.87. The largest absolute Gasteiger partial charge is 0.467 e. The number of methoxy groups -OCH3 is 1. The van der Waals surface area contributed by atoms with Gasteiger partial charge >= 0.3 is 5.97 Å². The van der Waals surface area contributed by atoms with Gasteiger partial charge in [-0.15, -0.1) is 0 Å². The van der Waals surface area contributed by atoms with Crippen molar-refractivity contribution in [3.8, 4) is 0 Å². The summed E-state index contributed by atoms with van der Waals surface area (Å²) in [4.78, 5) is 12.3. The van der Waals surface area contributed by atoms with E-state index in [1.807, 2.05) is 30.3 Å². The fraction of sp³-hybridized carbons (Fsp3) is 0.562. The zero-order valence-electron chi connectivity index (χ0n) is 12.8. The molecular weight excluding hydrogens is 254 g/mol. The van der Waals surface area contributed by atoms with E-state index in [0.717, 1.165) is 5.56 Å². The molecule has 1 N–H and O–H groups in total. The molecule has 0 amide bonds. The third-order valence-corrected chi connectivity index (χ3v) is 3.30. The number of ether oxygens (including phenoxy) is 2. The van der Waals surface area contributed by atoms with Crippen LogP contribution >= 0.6 is 0 Å². The van der Waals surface area contributed by atoms with Gasteiger partial charge in [0.05, 0.1) is 7.11 Å².